The second-order valence-corrected chi connectivity index (χ2v) is 11.2. The molecular formula is C37H47N3O12. The Morgan fingerprint density at radius 2 is 1.23 bits per heavy atom. The fourth-order valence-corrected chi connectivity index (χ4v) is 4.47. The van der Waals surface area contributed by atoms with E-state index in [9.17, 15) is 24.0 Å². The topological polar surface area (TPSA) is 177 Å². The third-order valence-corrected chi connectivity index (χ3v) is 7.18. The van der Waals surface area contributed by atoms with Crippen molar-refractivity contribution < 1.29 is 57.2 Å². The number of rotatable bonds is 28. The van der Waals surface area contributed by atoms with Crippen LogP contribution in [0.3, 0.4) is 0 Å². The lowest BCUT2D eigenvalue weighted by Gasteiger charge is -2.12. The summed E-state index contributed by atoms with van der Waals surface area (Å²) in [7, 11) is 0. The number of benzene rings is 2. The molecule has 0 bridgehead atoms. The molecule has 52 heavy (non-hydrogen) atoms. The molecule has 0 saturated carbocycles. The summed E-state index contributed by atoms with van der Waals surface area (Å²) in [5.74, 6) is 1.05. The Kier molecular flexibility index (Phi) is 20.1. The third kappa shape index (κ3) is 16.9. The van der Waals surface area contributed by atoms with Gasteiger partial charge in [0.2, 0.25) is 5.91 Å². The number of carbonyl (C=O) groups excluding carboxylic acids is 5. The van der Waals surface area contributed by atoms with Crippen molar-refractivity contribution >= 4 is 35.2 Å². The van der Waals surface area contributed by atoms with Gasteiger partial charge in [0.25, 0.3) is 11.8 Å². The van der Waals surface area contributed by atoms with E-state index in [1.165, 1.54) is 0 Å². The summed E-state index contributed by atoms with van der Waals surface area (Å²) >= 11 is 0. The Morgan fingerprint density at radius 1 is 0.673 bits per heavy atom. The molecule has 282 valence electrons. The van der Waals surface area contributed by atoms with E-state index >= 15 is 0 Å². The van der Waals surface area contributed by atoms with Crippen LogP contribution in [-0.4, -0.2) is 120 Å². The predicted molar refractivity (Wildman–Crippen MR) is 187 cm³/mol. The van der Waals surface area contributed by atoms with Gasteiger partial charge in [-0.1, -0.05) is 5.92 Å². The number of imide groups is 1. The number of ketones is 1. The van der Waals surface area contributed by atoms with Gasteiger partial charge in [0.15, 0.2) is 5.78 Å². The third-order valence-electron chi connectivity index (χ3n) is 7.18. The molecule has 0 radical (unpaired) electrons. The molecule has 0 spiro atoms. The maximum Gasteiger partial charge on any atom is 0.335 e. The van der Waals surface area contributed by atoms with E-state index in [0.717, 1.165) is 5.69 Å². The molecule has 15 nitrogen and oxygen atoms in total. The van der Waals surface area contributed by atoms with Crippen molar-refractivity contribution in [3.05, 3.63) is 59.7 Å². The molecule has 2 aromatic carbocycles. The second-order valence-electron chi connectivity index (χ2n) is 11.2. The molecule has 0 aliphatic carbocycles. The smallest absolute Gasteiger partial charge is 0.335 e. The minimum atomic E-state index is -0.709. The van der Waals surface area contributed by atoms with E-state index in [1.54, 1.807) is 36.4 Å². The number of ether oxygens (including phenoxy) is 6. The van der Waals surface area contributed by atoms with Crippen molar-refractivity contribution in [2.45, 2.75) is 32.1 Å². The predicted octanol–water partition coefficient (Wildman–Crippen LogP) is 2.32. The Hall–Kier alpha value is -4.85. The fourth-order valence-electron chi connectivity index (χ4n) is 4.47. The van der Waals surface area contributed by atoms with E-state index in [4.69, 9.17) is 39.7 Å². The molecule has 1 aliphatic rings. The zero-order chi connectivity index (χ0) is 37.2. The first-order valence-electron chi connectivity index (χ1n) is 17.1. The first-order chi connectivity index (χ1) is 25.4. The molecule has 2 aromatic rings. The lowest BCUT2D eigenvalue weighted by atomic mass is 10.0. The summed E-state index contributed by atoms with van der Waals surface area (Å²) in [6.07, 6.45) is 6.00. The second kappa shape index (κ2) is 25.2. The summed E-state index contributed by atoms with van der Waals surface area (Å²) in [5.41, 5.74) is 1.98. The van der Waals surface area contributed by atoms with Crippen molar-refractivity contribution in [3.63, 3.8) is 0 Å². The van der Waals surface area contributed by atoms with Crippen LogP contribution in [0.1, 0.15) is 48.0 Å². The molecule has 1 aliphatic heterocycles. The highest BCUT2D eigenvalue weighted by Crippen LogP contribution is 2.17. The SMILES string of the molecule is C#CCOCCC(=O)NCCCOc1ccc(C(=O)c2ccc(NCCOCCOCCOCCOCCC(=O)ON3C(=O)CCC3=O)cc2)cc1. The van der Waals surface area contributed by atoms with Crippen molar-refractivity contribution in [2.75, 3.05) is 91.1 Å². The van der Waals surface area contributed by atoms with Crippen molar-refractivity contribution in [1.29, 1.82) is 0 Å². The van der Waals surface area contributed by atoms with Crippen LogP contribution in [0, 0.1) is 12.3 Å². The van der Waals surface area contributed by atoms with E-state index in [0.29, 0.717) is 87.7 Å². The van der Waals surface area contributed by atoms with Gasteiger partial charge in [-0.25, -0.2) is 4.79 Å². The van der Waals surface area contributed by atoms with E-state index in [-0.39, 0.29) is 63.8 Å². The molecule has 3 rings (SSSR count). The Bertz CT molecular complexity index is 1430. The van der Waals surface area contributed by atoms with Crippen LogP contribution < -0.4 is 15.4 Å². The van der Waals surface area contributed by atoms with E-state index < -0.39 is 17.8 Å². The van der Waals surface area contributed by atoms with E-state index in [2.05, 4.69) is 16.6 Å². The maximum absolute atomic E-state index is 12.9. The summed E-state index contributed by atoms with van der Waals surface area (Å²) in [6, 6.07) is 14.2. The van der Waals surface area contributed by atoms with Crippen LogP contribution in [0.4, 0.5) is 5.69 Å². The minimum absolute atomic E-state index is 0.0505. The fraction of sp³-hybridized carbons (Fsp3) is 0.486. The largest absolute Gasteiger partial charge is 0.494 e. The number of nitrogens with zero attached hydrogens (tertiary/aromatic N) is 1. The number of anilines is 1. The lowest BCUT2D eigenvalue weighted by Crippen LogP contribution is -2.32. The number of hydrogen-bond donors (Lipinski definition) is 2. The van der Waals surface area contributed by atoms with Gasteiger partial charge in [-0.2, -0.15) is 0 Å². The number of terminal acetylenes is 1. The number of nitrogens with one attached hydrogen (secondary N) is 2. The standard InChI is InChI=1S/C37H47N3O12/c1-2-18-46-20-14-33(41)39-16-3-19-51-32-10-6-30(7-11-32)37(45)29-4-8-31(9-5-29)38-17-22-48-24-26-50-28-27-49-25-23-47-21-15-36(44)52-40-34(42)12-13-35(40)43/h1,4-11,38H,3,12-28H2,(H,39,41). The minimum Gasteiger partial charge on any atom is -0.494 e. The first-order valence-corrected chi connectivity index (χ1v) is 17.1. The average Bonchev–Trinajstić information content (AvgIpc) is 3.47. The maximum atomic E-state index is 12.9. The van der Waals surface area contributed by atoms with Gasteiger partial charge in [-0.15, -0.1) is 11.5 Å². The average molecular weight is 726 g/mol. The Labute approximate surface area is 303 Å². The zero-order valence-corrected chi connectivity index (χ0v) is 29.3. The zero-order valence-electron chi connectivity index (χ0n) is 29.3. The van der Waals surface area contributed by atoms with Crippen molar-refractivity contribution in [3.8, 4) is 18.1 Å². The molecule has 0 unspecified atom stereocenters. The molecule has 3 amide bonds. The molecule has 0 atom stereocenters. The van der Waals surface area contributed by atoms with Gasteiger partial charge < -0.3 is 43.9 Å². The number of carbonyl (C=O) groups is 5. The monoisotopic (exact) mass is 725 g/mol. The summed E-state index contributed by atoms with van der Waals surface area (Å²) in [5, 5.41) is 6.57. The quantitative estimate of drug-likeness (QED) is 0.0566. The van der Waals surface area contributed by atoms with Crippen LogP contribution in [0.25, 0.3) is 0 Å². The van der Waals surface area contributed by atoms with Crippen LogP contribution in [-0.2, 0) is 47.7 Å². The summed E-state index contributed by atoms with van der Waals surface area (Å²) in [4.78, 5) is 63.9. The molecule has 1 saturated heterocycles. The van der Waals surface area contributed by atoms with Crippen LogP contribution in [0.2, 0.25) is 0 Å². The highest BCUT2D eigenvalue weighted by Gasteiger charge is 2.32. The summed E-state index contributed by atoms with van der Waals surface area (Å²) < 4.78 is 32.5. The van der Waals surface area contributed by atoms with Crippen molar-refractivity contribution in [2.24, 2.45) is 0 Å². The summed E-state index contributed by atoms with van der Waals surface area (Å²) in [6.45, 7) is 4.73. The highest BCUT2D eigenvalue weighted by atomic mass is 16.7. The molecule has 1 heterocycles. The van der Waals surface area contributed by atoms with Gasteiger partial charge >= 0.3 is 5.97 Å². The van der Waals surface area contributed by atoms with Gasteiger partial charge in [0, 0.05) is 42.7 Å². The molecule has 1 fully saturated rings. The Balaban J connectivity index is 1.13. The molecule has 2 N–H and O–H groups in total. The van der Waals surface area contributed by atoms with E-state index in [1.807, 2.05) is 12.1 Å². The molecular weight excluding hydrogens is 678 g/mol. The van der Waals surface area contributed by atoms with Crippen LogP contribution in [0.5, 0.6) is 5.75 Å². The van der Waals surface area contributed by atoms with Gasteiger partial charge in [-0.05, 0) is 55.0 Å². The number of amides is 3. The van der Waals surface area contributed by atoms with Gasteiger partial charge in [-0.3, -0.25) is 19.2 Å². The van der Waals surface area contributed by atoms with Gasteiger partial charge in [0.05, 0.1) is 78.9 Å². The molecule has 15 heteroatoms. The lowest BCUT2D eigenvalue weighted by molar-refractivity contribution is -0.198. The molecule has 0 aromatic heterocycles. The number of hydroxylamine groups is 2. The first kappa shape index (κ1) is 41.6. The highest BCUT2D eigenvalue weighted by molar-refractivity contribution is 6.09. The van der Waals surface area contributed by atoms with Crippen LogP contribution >= 0.6 is 0 Å². The van der Waals surface area contributed by atoms with Gasteiger partial charge in [0.1, 0.15) is 12.4 Å². The normalized spacial score (nSPS) is 12.4. The number of hydrogen-bond acceptors (Lipinski definition) is 13. The van der Waals surface area contributed by atoms with Crippen LogP contribution in [0.15, 0.2) is 48.5 Å². The Morgan fingerprint density at radius 3 is 1.85 bits per heavy atom. The van der Waals surface area contributed by atoms with Crippen molar-refractivity contribution in [1.82, 2.24) is 10.4 Å².